The molecule has 0 aliphatic heterocycles. The Labute approximate surface area is 120 Å². The van der Waals surface area contributed by atoms with Crippen molar-refractivity contribution in [2.24, 2.45) is 5.73 Å². The van der Waals surface area contributed by atoms with Crippen molar-refractivity contribution in [1.29, 1.82) is 0 Å². The van der Waals surface area contributed by atoms with Crippen molar-refractivity contribution < 1.29 is 9.13 Å². The highest BCUT2D eigenvalue weighted by Gasteiger charge is 2.05. The van der Waals surface area contributed by atoms with Gasteiger partial charge >= 0.3 is 0 Å². The average Bonchev–Trinajstić information content (AvgIpc) is 2.38. The molecule has 0 bridgehead atoms. The quantitative estimate of drug-likeness (QED) is 0.915. The molecule has 0 aromatic heterocycles. The van der Waals surface area contributed by atoms with Crippen molar-refractivity contribution in [1.82, 2.24) is 0 Å². The molecule has 19 heavy (non-hydrogen) atoms. The molecule has 2 aromatic rings. The van der Waals surface area contributed by atoms with Gasteiger partial charge in [0.1, 0.15) is 18.2 Å². The lowest BCUT2D eigenvalue weighted by Crippen LogP contribution is -2.05. The van der Waals surface area contributed by atoms with Gasteiger partial charge in [-0.3, -0.25) is 0 Å². The van der Waals surface area contributed by atoms with Gasteiger partial charge in [-0.15, -0.1) is 0 Å². The Kier molecular flexibility index (Phi) is 4.56. The fraction of sp³-hybridized carbons (Fsp3) is 0.200. The molecule has 0 aliphatic carbocycles. The normalized spacial score (nSPS) is 12.2. The summed E-state index contributed by atoms with van der Waals surface area (Å²) >= 11 is 3.22. The number of rotatable bonds is 4. The summed E-state index contributed by atoms with van der Waals surface area (Å²) < 4.78 is 19.9. The van der Waals surface area contributed by atoms with Gasteiger partial charge in [0.05, 0.1) is 0 Å². The first-order valence-electron chi connectivity index (χ1n) is 5.98. The van der Waals surface area contributed by atoms with Crippen molar-refractivity contribution in [2.45, 2.75) is 19.6 Å². The molecule has 0 amide bonds. The number of halogens is 2. The fourth-order valence-electron chi connectivity index (χ4n) is 1.69. The van der Waals surface area contributed by atoms with E-state index in [1.807, 2.05) is 31.2 Å². The molecule has 100 valence electrons. The average molecular weight is 324 g/mol. The van der Waals surface area contributed by atoms with E-state index in [0.29, 0.717) is 15.8 Å². The second kappa shape index (κ2) is 6.17. The second-order valence-electron chi connectivity index (χ2n) is 4.39. The van der Waals surface area contributed by atoms with Crippen molar-refractivity contribution >= 4 is 15.9 Å². The molecule has 0 radical (unpaired) electrons. The molecule has 0 spiro atoms. The minimum Gasteiger partial charge on any atom is -0.489 e. The second-order valence-corrected chi connectivity index (χ2v) is 5.30. The van der Waals surface area contributed by atoms with E-state index in [0.717, 1.165) is 5.56 Å². The van der Waals surface area contributed by atoms with E-state index in [1.54, 1.807) is 12.1 Å². The van der Waals surface area contributed by atoms with E-state index in [9.17, 15) is 4.39 Å². The predicted octanol–water partition coefficient (Wildman–Crippen LogP) is 4.19. The summed E-state index contributed by atoms with van der Waals surface area (Å²) in [6, 6.07) is 12.4. The van der Waals surface area contributed by atoms with Gasteiger partial charge in [-0.05, 0) is 36.8 Å². The van der Waals surface area contributed by atoms with Crippen LogP contribution in [0.25, 0.3) is 0 Å². The molecule has 2 N–H and O–H groups in total. The summed E-state index contributed by atoms with van der Waals surface area (Å²) in [7, 11) is 0. The standard InChI is InChI=1S/C15H15BrFNO/c1-10(18)11-3-2-4-14(7-11)19-9-12-5-6-13(16)8-15(12)17/h2-8,10H,9,18H2,1H3/t10-/m0/s1. The maximum Gasteiger partial charge on any atom is 0.130 e. The zero-order valence-electron chi connectivity index (χ0n) is 10.6. The Morgan fingerprint density at radius 3 is 2.74 bits per heavy atom. The first-order chi connectivity index (χ1) is 9.06. The van der Waals surface area contributed by atoms with Gasteiger partial charge in [-0.25, -0.2) is 4.39 Å². The number of benzene rings is 2. The molecule has 0 aliphatic rings. The lowest BCUT2D eigenvalue weighted by Gasteiger charge is -2.10. The third kappa shape index (κ3) is 3.78. The molecule has 2 nitrogen and oxygen atoms in total. The summed E-state index contributed by atoms with van der Waals surface area (Å²) in [4.78, 5) is 0. The molecule has 0 fully saturated rings. The molecule has 0 saturated carbocycles. The van der Waals surface area contributed by atoms with Gasteiger partial charge in [0.2, 0.25) is 0 Å². The van der Waals surface area contributed by atoms with Crippen LogP contribution < -0.4 is 10.5 Å². The highest BCUT2D eigenvalue weighted by Crippen LogP contribution is 2.20. The largest absolute Gasteiger partial charge is 0.489 e. The van der Waals surface area contributed by atoms with Gasteiger partial charge in [0.25, 0.3) is 0 Å². The molecule has 2 rings (SSSR count). The minimum atomic E-state index is -0.280. The van der Waals surface area contributed by atoms with Gasteiger partial charge in [-0.2, -0.15) is 0 Å². The molecule has 2 aromatic carbocycles. The highest BCUT2D eigenvalue weighted by atomic mass is 79.9. The van der Waals surface area contributed by atoms with Crippen LogP contribution in [0.5, 0.6) is 5.75 Å². The smallest absolute Gasteiger partial charge is 0.130 e. The van der Waals surface area contributed by atoms with Gasteiger partial charge in [-0.1, -0.05) is 34.1 Å². The van der Waals surface area contributed by atoms with Crippen LogP contribution in [0.4, 0.5) is 4.39 Å². The molecular weight excluding hydrogens is 309 g/mol. The Bertz CT molecular complexity index is 572. The van der Waals surface area contributed by atoms with Crippen molar-refractivity contribution in [3.63, 3.8) is 0 Å². The third-order valence-corrected chi connectivity index (χ3v) is 3.29. The molecule has 0 unspecified atom stereocenters. The maximum absolute atomic E-state index is 13.6. The van der Waals surface area contributed by atoms with E-state index in [-0.39, 0.29) is 18.5 Å². The number of hydrogen-bond acceptors (Lipinski definition) is 2. The van der Waals surface area contributed by atoms with Crippen LogP contribution in [0.3, 0.4) is 0 Å². The molecular formula is C15H15BrFNO. The summed E-state index contributed by atoms with van der Waals surface area (Å²) in [5, 5.41) is 0. The zero-order valence-corrected chi connectivity index (χ0v) is 12.2. The van der Waals surface area contributed by atoms with E-state index in [2.05, 4.69) is 15.9 Å². The Balaban J connectivity index is 2.08. The van der Waals surface area contributed by atoms with Crippen molar-refractivity contribution in [2.75, 3.05) is 0 Å². The topological polar surface area (TPSA) is 35.2 Å². The fourth-order valence-corrected chi connectivity index (χ4v) is 2.02. The SMILES string of the molecule is C[C@H](N)c1cccc(OCc2ccc(Br)cc2F)c1. The first kappa shape index (κ1) is 14.0. The monoisotopic (exact) mass is 323 g/mol. The summed E-state index contributed by atoms with van der Waals surface area (Å²) in [6.45, 7) is 2.11. The van der Waals surface area contributed by atoms with Crippen LogP contribution in [-0.2, 0) is 6.61 Å². The molecule has 0 saturated heterocycles. The first-order valence-corrected chi connectivity index (χ1v) is 6.78. The summed E-state index contributed by atoms with van der Waals surface area (Å²) in [5.74, 6) is 0.412. The third-order valence-electron chi connectivity index (χ3n) is 2.79. The predicted molar refractivity (Wildman–Crippen MR) is 77.5 cm³/mol. The minimum absolute atomic E-state index is 0.0482. The lowest BCUT2D eigenvalue weighted by molar-refractivity contribution is 0.299. The lowest BCUT2D eigenvalue weighted by atomic mass is 10.1. The van der Waals surface area contributed by atoms with Crippen molar-refractivity contribution in [3.8, 4) is 5.75 Å². The van der Waals surface area contributed by atoms with E-state index in [1.165, 1.54) is 6.07 Å². The van der Waals surface area contributed by atoms with Crippen LogP contribution in [0.1, 0.15) is 24.1 Å². The molecule has 4 heteroatoms. The highest BCUT2D eigenvalue weighted by molar-refractivity contribution is 9.10. The molecule has 0 heterocycles. The van der Waals surface area contributed by atoms with Crippen LogP contribution in [0, 0.1) is 5.82 Å². The van der Waals surface area contributed by atoms with Crippen LogP contribution >= 0.6 is 15.9 Å². The molecule has 1 atom stereocenters. The summed E-state index contributed by atoms with van der Waals surface area (Å²) in [5.41, 5.74) is 7.33. The Morgan fingerprint density at radius 1 is 1.26 bits per heavy atom. The van der Waals surface area contributed by atoms with Crippen molar-refractivity contribution in [3.05, 3.63) is 63.9 Å². The van der Waals surface area contributed by atoms with E-state index < -0.39 is 0 Å². The summed E-state index contributed by atoms with van der Waals surface area (Å²) in [6.07, 6.45) is 0. The maximum atomic E-state index is 13.6. The van der Waals surface area contributed by atoms with E-state index in [4.69, 9.17) is 10.5 Å². The van der Waals surface area contributed by atoms with Gasteiger partial charge in [0, 0.05) is 16.1 Å². The Hall–Kier alpha value is -1.39. The number of nitrogens with two attached hydrogens (primary N) is 1. The number of ether oxygens (including phenoxy) is 1. The Morgan fingerprint density at radius 2 is 2.05 bits per heavy atom. The van der Waals surface area contributed by atoms with Gasteiger partial charge < -0.3 is 10.5 Å². The van der Waals surface area contributed by atoms with Gasteiger partial charge in [0.15, 0.2) is 0 Å². The zero-order chi connectivity index (χ0) is 13.8. The number of hydrogen-bond donors (Lipinski definition) is 1. The van der Waals surface area contributed by atoms with Crippen LogP contribution in [-0.4, -0.2) is 0 Å². The van der Waals surface area contributed by atoms with E-state index >= 15 is 0 Å². The van der Waals surface area contributed by atoms with Crippen LogP contribution in [0.15, 0.2) is 46.9 Å². The van der Waals surface area contributed by atoms with Crippen LogP contribution in [0.2, 0.25) is 0 Å².